The number of aromatic nitrogens is 3. The summed E-state index contributed by atoms with van der Waals surface area (Å²) in [6, 6.07) is 13.3. The van der Waals surface area contributed by atoms with Crippen molar-refractivity contribution in [2.45, 2.75) is 19.3 Å². The van der Waals surface area contributed by atoms with Gasteiger partial charge in [0, 0.05) is 29.5 Å². The molecule has 2 aromatic heterocycles. The predicted octanol–water partition coefficient (Wildman–Crippen LogP) is 2.80. The molecular formula is C28H29N7O4. The fourth-order valence-electron chi connectivity index (χ4n) is 4.68. The third-order valence-corrected chi connectivity index (χ3v) is 6.41. The molecule has 0 spiro atoms. The van der Waals surface area contributed by atoms with Crippen molar-refractivity contribution in [1.29, 1.82) is 0 Å². The molecule has 2 amide bonds. The maximum absolute atomic E-state index is 13.2. The van der Waals surface area contributed by atoms with Crippen LogP contribution in [0.4, 0.5) is 17.3 Å². The Bertz CT molecular complexity index is 1630. The summed E-state index contributed by atoms with van der Waals surface area (Å²) in [6.07, 6.45) is 5.99. The SMILES string of the molecule is CONC(=O)c1cn(-c2ccc3c(c2)CCC3)c2nc(Nc3cccc(NC(=O)CN(C)C)c3)ncc2c1=O. The zero-order valence-corrected chi connectivity index (χ0v) is 21.9. The zero-order valence-electron chi connectivity index (χ0n) is 21.9. The van der Waals surface area contributed by atoms with Gasteiger partial charge in [0.1, 0.15) is 5.56 Å². The largest absolute Gasteiger partial charge is 0.325 e. The average molecular weight is 528 g/mol. The Morgan fingerprint density at radius 1 is 1.08 bits per heavy atom. The van der Waals surface area contributed by atoms with Crippen molar-refractivity contribution in [1.82, 2.24) is 24.9 Å². The summed E-state index contributed by atoms with van der Waals surface area (Å²) in [6.45, 7) is 0.260. The van der Waals surface area contributed by atoms with Crippen molar-refractivity contribution in [3.8, 4) is 5.69 Å². The number of amides is 2. The molecule has 2 aromatic carbocycles. The van der Waals surface area contributed by atoms with Crippen LogP contribution in [-0.4, -0.2) is 59.0 Å². The van der Waals surface area contributed by atoms with Gasteiger partial charge in [0.05, 0.1) is 19.0 Å². The summed E-state index contributed by atoms with van der Waals surface area (Å²) in [5.74, 6) is -0.539. The number of hydroxylamine groups is 1. The van der Waals surface area contributed by atoms with Gasteiger partial charge >= 0.3 is 0 Å². The number of hydrogen-bond acceptors (Lipinski definition) is 8. The Morgan fingerprint density at radius 3 is 2.67 bits per heavy atom. The van der Waals surface area contributed by atoms with Crippen LogP contribution in [-0.2, 0) is 22.5 Å². The van der Waals surface area contributed by atoms with Crippen LogP contribution in [0, 0.1) is 0 Å². The topological polar surface area (TPSA) is 130 Å². The number of rotatable bonds is 8. The first-order valence-electron chi connectivity index (χ1n) is 12.5. The van der Waals surface area contributed by atoms with Crippen molar-refractivity contribution < 1.29 is 14.4 Å². The predicted molar refractivity (Wildman–Crippen MR) is 149 cm³/mol. The summed E-state index contributed by atoms with van der Waals surface area (Å²) in [7, 11) is 4.95. The highest BCUT2D eigenvalue weighted by atomic mass is 16.6. The molecule has 3 N–H and O–H groups in total. The van der Waals surface area contributed by atoms with E-state index in [0.29, 0.717) is 17.0 Å². The lowest BCUT2D eigenvalue weighted by Crippen LogP contribution is -2.29. The van der Waals surface area contributed by atoms with Crippen LogP contribution in [0.1, 0.15) is 27.9 Å². The lowest BCUT2D eigenvalue weighted by atomic mass is 10.1. The van der Waals surface area contributed by atoms with Crippen LogP contribution < -0.4 is 21.5 Å². The van der Waals surface area contributed by atoms with Gasteiger partial charge in [0.25, 0.3) is 5.91 Å². The minimum absolute atomic E-state index is 0.0877. The van der Waals surface area contributed by atoms with E-state index in [4.69, 9.17) is 4.84 Å². The van der Waals surface area contributed by atoms with Crippen LogP contribution in [0.5, 0.6) is 0 Å². The molecule has 5 rings (SSSR count). The first kappa shape index (κ1) is 26.0. The molecule has 0 atom stereocenters. The Morgan fingerprint density at radius 2 is 1.87 bits per heavy atom. The molecule has 0 fully saturated rings. The molecular weight excluding hydrogens is 498 g/mol. The fourth-order valence-corrected chi connectivity index (χ4v) is 4.68. The fraction of sp³-hybridized carbons (Fsp3) is 0.250. The molecule has 11 heteroatoms. The van der Waals surface area contributed by atoms with Gasteiger partial charge in [-0.2, -0.15) is 4.98 Å². The number of nitrogens with one attached hydrogen (secondary N) is 3. The van der Waals surface area contributed by atoms with Gasteiger partial charge in [-0.3, -0.25) is 19.2 Å². The van der Waals surface area contributed by atoms with Crippen molar-refractivity contribution in [3.63, 3.8) is 0 Å². The minimum Gasteiger partial charge on any atom is -0.325 e. The average Bonchev–Trinajstić information content (AvgIpc) is 3.37. The number of anilines is 3. The molecule has 0 bridgehead atoms. The Kier molecular flexibility index (Phi) is 7.35. The highest BCUT2D eigenvalue weighted by Gasteiger charge is 2.19. The van der Waals surface area contributed by atoms with Crippen LogP contribution in [0.15, 0.2) is 59.7 Å². The van der Waals surface area contributed by atoms with Gasteiger partial charge < -0.3 is 20.1 Å². The molecule has 0 aliphatic heterocycles. The molecule has 11 nitrogen and oxygen atoms in total. The standard InChI is InChI=1S/C28H29N7O4/c1-34(2)16-24(36)30-19-8-5-9-20(13-19)31-28-29-14-22-25(37)23(27(38)33-39-3)15-35(26(22)32-28)21-11-10-17-6-4-7-18(17)12-21/h5,8-15H,4,6-7,16H2,1-3H3,(H,30,36)(H,33,38)(H,29,31,32). The number of aryl methyl sites for hydroxylation is 2. The Hall–Kier alpha value is -4.61. The molecule has 0 unspecified atom stereocenters. The van der Waals surface area contributed by atoms with Gasteiger partial charge in [0.2, 0.25) is 17.3 Å². The van der Waals surface area contributed by atoms with Crippen LogP contribution in [0.25, 0.3) is 16.7 Å². The van der Waals surface area contributed by atoms with Crippen LogP contribution >= 0.6 is 0 Å². The summed E-state index contributed by atoms with van der Waals surface area (Å²) < 4.78 is 1.73. The van der Waals surface area contributed by atoms with E-state index in [1.807, 2.05) is 26.2 Å². The number of benzene rings is 2. The number of fused-ring (bicyclic) bond motifs is 2. The van der Waals surface area contributed by atoms with Gasteiger partial charge in [0.15, 0.2) is 5.65 Å². The zero-order chi connectivity index (χ0) is 27.5. The number of nitrogens with zero attached hydrogens (tertiary/aromatic N) is 4. The number of carbonyl (C=O) groups excluding carboxylic acids is 2. The molecule has 39 heavy (non-hydrogen) atoms. The maximum atomic E-state index is 13.2. The van der Waals surface area contributed by atoms with Crippen molar-refractivity contribution in [3.05, 3.63) is 81.8 Å². The van der Waals surface area contributed by atoms with E-state index >= 15 is 0 Å². The Balaban J connectivity index is 1.55. The van der Waals surface area contributed by atoms with E-state index in [9.17, 15) is 14.4 Å². The highest BCUT2D eigenvalue weighted by Crippen LogP contribution is 2.26. The second-order valence-electron chi connectivity index (χ2n) is 9.61. The van der Waals surface area contributed by atoms with E-state index in [1.54, 1.807) is 27.7 Å². The van der Waals surface area contributed by atoms with E-state index in [0.717, 1.165) is 24.9 Å². The number of likely N-dealkylation sites (N-methyl/N-ethyl adjacent to an activating group) is 1. The first-order valence-corrected chi connectivity index (χ1v) is 12.5. The third-order valence-electron chi connectivity index (χ3n) is 6.41. The lowest BCUT2D eigenvalue weighted by molar-refractivity contribution is -0.116. The van der Waals surface area contributed by atoms with E-state index in [-0.39, 0.29) is 29.3 Å². The maximum Gasteiger partial charge on any atom is 0.280 e. The van der Waals surface area contributed by atoms with Gasteiger partial charge in [-0.15, -0.1) is 0 Å². The molecule has 200 valence electrons. The summed E-state index contributed by atoms with van der Waals surface area (Å²) in [4.78, 5) is 53.6. The molecule has 0 saturated carbocycles. The van der Waals surface area contributed by atoms with Gasteiger partial charge in [-0.05, 0) is 74.8 Å². The number of carbonyl (C=O) groups is 2. The molecule has 1 aliphatic carbocycles. The summed E-state index contributed by atoms with van der Waals surface area (Å²) >= 11 is 0. The van der Waals surface area contributed by atoms with Crippen molar-refractivity contribution >= 4 is 40.2 Å². The highest BCUT2D eigenvalue weighted by molar-refractivity contribution is 5.96. The van der Waals surface area contributed by atoms with Crippen LogP contribution in [0.3, 0.4) is 0 Å². The molecule has 4 aromatic rings. The lowest BCUT2D eigenvalue weighted by Gasteiger charge is -2.15. The molecule has 0 saturated heterocycles. The van der Waals surface area contributed by atoms with Gasteiger partial charge in [-0.1, -0.05) is 12.1 Å². The second-order valence-corrected chi connectivity index (χ2v) is 9.61. The molecule has 1 aliphatic rings. The van der Waals surface area contributed by atoms with Crippen molar-refractivity contribution in [2.75, 3.05) is 38.4 Å². The van der Waals surface area contributed by atoms with Crippen molar-refractivity contribution in [2.24, 2.45) is 0 Å². The second kappa shape index (κ2) is 11.0. The quantitative estimate of drug-likeness (QED) is 0.298. The minimum atomic E-state index is -0.658. The van der Waals surface area contributed by atoms with E-state index in [2.05, 4.69) is 38.2 Å². The summed E-state index contributed by atoms with van der Waals surface area (Å²) in [5.41, 5.74) is 6.57. The van der Waals surface area contributed by atoms with Crippen LogP contribution in [0.2, 0.25) is 0 Å². The van der Waals surface area contributed by atoms with Gasteiger partial charge in [-0.25, -0.2) is 10.5 Å². The van der Waals surface area contributed by atoms with E-state index in [1.165, 1.54) is 30.6 Å². The summed E-state index contributed by atoms with van der Waals surface area (Å²) in [5, 5.41) is 6.20. The molecule has 2 heterocycles. The third kappa shape index (κ3) is 5.64. The van der Waals surface area contributed by atoms with E-state index < -0.39 is 11.3 Å². The number of pyridine rings is 1. The Labute approximate surface area is 224 Å². The smallest absolute Gasteiger partial charge is 0.280 e. The monoisotopic (exact) mass is 527 g/mol. The first-order chi connectivity index (χ1) is 18.8. The normalized spacial score (nSPS) is 12.4. The molecule has 0 radical (unpaired) electrons. The number of hydrogen-bond donors (Lipinski definition) is 3.